The third-order valence-corrected chi connectivity index (χ3v) is 4.43. The van der Waals surface area contributed by atoms with Crippen LogP contribution in [0.5, 0.6) is 0 Å². The molecule has 1 fully saturated rings. The second-order valence-corrected chi connectivity index (χ2v) is 6.26. The SMILES string of the molecule is COCCN(CCOC)c1ccc(CNC2CC2)c(Br)c1. The van der Waals surface area contributed by atoms with Crippen molar-refractivity contribution in [2.75, 3.05) is 45.4 Å². The summed E-state index contributed by atoms with van der Waals surface area (Å²) < 4.78 is 11.6. The molecule has 1 aromatic carbocycles. The number of nitrogens with zero attached hydrogens (tertiary/aromatic N) is 1. The maximum atomic E-state index is 5.20. The number of methoxy groups -OCH3 is 2. The summed E-state index contributed by atoms with van der Waals surface area (Å²) in [6, 6.07) is 7.30. The quantitative estimate of drug-likeness (QED) is 0.698. The molecule has 0 heterocycles. The highest BCUT2D eigenvalue weighted by atomic mass is 79.9. The summed E-state index contributed by atoms with van der Waals surface area (Å²) in [7, 11) is 3.47. The van der Waals surface area contributed by atoms with E-state index < -0.39 is 0 Å². The molecule has 0 radical (unpaired) electrons. The molecule has 1 saturated carbocycles. The molecule has 4 nitrogen and oxygen atoms in total. The van der Waals surface area contributed by atoms with Gasteiger partial charge >= 0.3 is 0 Å². The molecule has 0 unspecified atom stereocenters. The minimum absolute atomic E-state index is 0.715. The van der Waals surface area contributed by atoms with Gasteiger partial charge in [-0.15, -0.1) is 0 Å². The molecule has 0 aromatic heterocycles. The van der Waals surface area contributed by atoms with E-state index in [1.54, 1.807) is 14.2 Å². The number of nitrogens with one attached hydrogen (secondary N) is 1. The van der Waals surface area contributed by atoms with Crippen molar-refractivity contribution in [2.45, 2.75) is 25.4 Å². The van der Waals surface area contributed by atoms with E-state index in [4.69, 9.17) is 9.47 Å². The standard InChI is InChI=1S/C16H25BrN2O2/c1-20-9-7-19(8-10-21-2)15-6-3-13(16(17)11-15)12-18-14-4-5-14/h3,6,11,14,18H,4-5,7-10,12H2,1-2H3. The van der Waals surface area contributed by atoms with E-state index in [2.05, 4.69) is 44.3 Å². The molecule has 1 aliphatic carbocycles. The lowest BCUT2D eigenvalue weighted by atomic mass is 10.2. The number of benzene rings is 1. The molecule has 1 aliphatic rings. The van der Waals surface area contributed by atoms with E-state index >= 15 is 0 Å². The number of halogens is 1. The molecule has 0 amide bonds. The second kappa shape index (κ2) is 8.73. The number of rotatable bonds is 10. The predicted octanol–water partition coefficient (Wildman–Crippen LogP) is 2.80. The summed E-state index contributed by atoms with van der Waals surface area (Å²) in [5.74, 6) is 0. The molecule has 21 heavy (non-hydrogen) atoms. The Labute approximate surface area is 135 Å². The third kappa shape index (κ3) is 5.58. The van der Waals surface area contributed by atoms with Crippen LogP contribution in [0.25, 0.3) is 0 Å². The monoisotopic (exact) mass is 356 g/mol. The van der Waals surface area contributed by atoms with E-state index in [9.17, 15) is 0 Å². The van der Waals surface area contributed by atoms with Crippen molar-refractivity contribution in [2.24, 2.45) is 0 Å². The predicted molar refractivity (Wildman–Crippen MR) is 90.0 cm³/mol. The normalized spacial score (nSPS) is 14.4. The average Bonchev–Trinajstić information content (AvgIpc) is 3.30. The van der Waals surface area contributed by atoms with Crippen LogP contribution in [-0.4, -0.2) is 46.6 Å². The van der Waals surface area contributed by atoms with Crippen molar-refractivity contribution < 1.29 is 9.47 Å². The zero-order valence-electron chi connectivity index (χ0n) is 12.9. The molecule has 0 aliphatic heterocycles. The van der Waals surface area contributed by atoms with Gasteiger partial charge in [-0.1, -0.05) is 22.0 Å². The molecule has 1 aromatic rings. The molecule has 118 valence electrons. The molecule has 0 bridgehead atoms. The van der Waals surface area contributed by atoms with E-state index in [0.29, 0.717) is 13.2 Å². The van der Waals surface area contributed by atoms with Crippen LogP contribution in [-0.2, 0) is 16.0 Å². The van der Waals surface area contributed by atoms with Crippen LogP contribution in [0.3, 0.4) is 0 Å². The number of anilines is 1. The van der Waals surface area contributed by atoms with Gasteiger partial charge in [0, 0.05) is 50.1 Å². The molecular formula is C16H25BrN2O2. The number of ether oxygens (including phenoxy) is 2. The molecule has 0 saturated heterocycles. The molecular weight excluding hydrogens is 332 g/mol. The number of hydrogen-bond donors (Lipinski definition) is 1. The van der Waals surface area contributed by atoms with Gasteiger partial charge in [0.25, 0.3) is 0 Å². The highest BCUT2D eigenvalue weighted by Crippen LogP contribution is 2.26. The van der Waals surface area contributed by atoms with Gasteiger partial charge in [-0.05, 0) is 30.5 Å². The lowest BCUT2D eigenvalue weighted by Crippen LogP contribution is -2.30. The summed E-state index contributed by atoms with van der Waals surface area (Å²) in [6.45, 7) is 4.10. The fourth-order valence-electron chi connectivity index (χ4n) is 2.19. The van der Waals surface area contributed by atoms with Gasteiger partial charge in [0.1, 0.15) is 0 Å². The third-order valence-electron chi connectivity index (χ3n) is 3.69. The molecule has 2 rings (SSSR count). The Bertz CT molecular complexity index is 430. The van der Waals surface area contributed by atoms with Gasteiger partial charge in [0.15, 0.2) is 0 Å². The van der Waals surface area contributed by atoms with Gasteiger partial charge in [-0.2, -0.15) is 0 Å². The maximum absolute atomic E-state index is 5.20. The minimum atomic E-state index is 0.715. The summed E-state index contributed by atoms with van der Waals surface area (Å²) >= 11 is 3.69. The first-order valence-corrected chi connectivity index (χ1v) is 8.28. The van der Waals surface area contributed by atoms with Crippen LogP contribution in [0.1, 0.15) is 18.4 Å². The second-order valence-electron chi connectivity index (χ2n) is 5.40. The van der Waals surface area contributed by atoms with Crippen LogP contribution < -0.4 is 10.2 Å². The Hall–Kier alpha value is -0.620. The lowest BCUT2D eigenvalue weighted by molar-refractivity contribution is 0.190. The fraction of sp³-hybridized carbons (Fsp3) is 0.625. The van der Waals surface area contributed by atoms with E-state index in [0.717, 1.165) is 30.1 Å². The Kier molecular flexibility index (Phi) is 6.96. The van der Waals surface area contributed by atoms with Crippen molar-refractivity contribution in [3.63, 3.8) is 0 Å². The lowest BCUT2D eigenvalue weighted by Gasteiger charge is -2.25. The van der Waals surface area contributed by atoms with Crippen molar-refractivity contribution in [1.82, 2.24) is 5.32 Å². The van der Waals surface area contributed by atoms with Gasteiger partial charge in [-0.25, -0.2) is 0 Å². The van der Waals surface area contributed by atoms with Crippen LogP contribution in [0.2, 0.25) is 0 Å². The summed E-state index contributed by atoms with van der Waals surface area (Å²) in [6.07, 6.45) is 2.63. The fourth-order valence-corrected chi connectivity index (χ4v) is 2.70. The highest BCUT2D eigenvalue weighted by Gasteiger charge is 2.20. The van der Waals surface area contributed by atoms with E-state index in [1.807, 2.05) is 0 Å². The summed E-state index contributed by atoms with van der Waals surface area (Å²) in [5.41, 5.74) is 2.51. The zero-order chi connectivity index (χ0) is 15.1. The van der Waals surface area contributed by atoms with E-state index in [1.165, 1.54) is 24.1 Å². The van der Waals surface area contributed by atoms with Crippen LogP contribution in [0, 0.1) is 0 Å². The smallest absolute Gasteiger partial charge is 0.0637 e. The Morgan fingerprint density at radius 3 is 2.38 bits per heavy atom. The van der Waals surface area contributed by atoms with Crippen molar-refractivity contribution in [3.05, 3.63) is 28.2 Å². The van der Waals surface area contributed by atoms with Crippen LogP contribution in [0.15, 0.2) is 22.7 Å². The van der Waals surface area contributed by atoms with Crippen molar-refractivity contribution in [3.8, 4) is 0 Å². The van der Waals surface area contributed by atoms with Crippen LogP contribution in [0.4, 0.5) is 5.69 Å². The molecule has 5 heteroatoms. The molecule has 0 atom stereocenters. The van der Waals surface area contributed by atoms with Gasteiger partial charge in [-0.3, -0.25) is 0 Å². The first kappa shape index (κ1) is 16.7. The average molecular weight is 357 g/mol. The van der Waals surface area contributed by atoms with Gasteiger partial charge < -0.3 is 19.7 Å². The van der Waals surface area contributed by atoms with Crippen molar-refractivity contribution in [1.29, 1.82) is 0 Å². The highest BCUT2D eigenvalue weighted by molar-refractivity contribution is 9.10. The first-order chi connectivity index (χ1) is 10.2. The van der Waals surface area contributed by atoms with Crippen molar-refractivity contribution >= 4 is 21.6 Å². The maximum Gasteiger partial charge on any atom is 0.0637 e. The molecule has 1 N–H and O–H groups in total. The van der Waals surface area contributed by atoms with Crippen LogP contribution >= 0.6 is 15.9 Å². The summed E-state index contributed by atoms with van der Waals surface area (Å²) in [5, 5.41) is 3.55. The zero-order valence-corrected chi connectivity index (χ0v) is 14.5. The molecule has 0 spiro atoms. The summed E-state index contributed by atoms with van der Waals surface area (Å²) in [4.78, 5) is 2.29. The Balaban J connectivity index is 1.99. The minimum Gasteiger partial charge on any atom is -0.383 e. The largest absolute Gasteiger partial charge is 0.383 e. The van der Waals surface area contributed by atoms with E-state index in [-0.39, 0.29) is 0 Å². The Morgan fingerprint density at radius 1 is 1.19 bits per heavy atom. The number of hydrogen-bond acceptors (Lipinski definition) is 4. The van der Waals surface area contributed by atoms with Gasteiger partial charge in [0.05, 0.1) is 13.2 Å². The Morgan fingerprint density at radius 2 is 1.86 bits per heavy atom. The van der Waals surface area contributed by atoms with Gasteiger partial charge in [0.2, 0.25) is 0 Å². The first-order valence-electron chi connectivity index (χ1n) is 7.49. The topological polar surface area (TPSA) is 33.7 Å².